The second-order valence-electron chi connectivity index (χ2n) is 4.54. The van der Waals surface area contributed by atoms with Gasteiger partial charge in [-0.3, -0.25) is 14.8 Å². The van der Waals surface area contributed by atoms with E-state index in [0.717, 1.165) is 23.6 Å². The summed E-state index contributed by atoms with van der Waals surface area (Å²) < 4.78 is 0. The average Bonchev–Trinajstić information content (AvgIpc) is 2.42. The number of aromatic nitrogens is 2. The van der Waals surface area contributed by atoms with E-state index >= 15 is 0 Å². The van der Waals surface area contributed by atoms with E-state index in [9.17, 15) is 4.79 Å². The van der Waals surface area contributed by atoms with Crippen LogP contribution in [0.3, 0.4) is 0 Å². The Morgan fingerprint density at radius 3 is 2.55 bits per heavy atom. The van der Waals surface area contributed by atoms with Crippen LogP contribution in [0.15, 0.2) is 30.6 Å². The lowest BCUT2D eigenvalue weighted by atomic mass is 10.2. The van der Waals surface area contributed by atoms with Crippen LogP contribution in [0.25, 0.3) is 0 Å². The third-order valence-corrected chi connectivity index (χ3v) is 2.82. The van der Waals surface area contributed by atoms with Crippen LogP contribution in [0, 0.1) is 13.8 Å². The molecular formula is C15H18N4O. The maximum absolute atomic E-state index is 12.3. The summed E-state index contributed by atoms with van der Waals surface area (Å²) in [6.07, 6.45) is 3.23. The fourth-order valence-electron chi connectivity index (χ4n) is 1.82. The molecule has 0 unspecified atom stereocenters. The summed E-state index contributed by atoms with van der Waals surface area (Å²) in [5, 5.41) is 6.00. The van der Waals surface area contributed by atoms with Gasteiger partial charge in [-0.15, -0.1) is 0 Å². The van der Waals surface area contributed by atoms with Crippen molar-refractivity contribution < 1.29 is 4.79 Å². The van der Waals surface area contributed by atoms with Crippen LogP contribution in [-0.4, -0.2) is 22.4 Å². The highest BCUT2D eigenvalue weighted by Crippen LogP contribution is 2.17. The topological polar surface area (TPSA) is 66.9 Å². The van der Waals surface area contributed by atoms with Gasteiger partial charge in [0.05, 0.1) is 23.1 Å². The number of aryl methyl sites for hydroxylation is 2. The Labute approximate surface area is 118 Å². The molecule has 0 saturated heterocycles. The molecule has 0 atom stereocenters. The van der Waals surface area contributed by atoms with Gasteiger partial charge in [0.1, 0.15) is 0 Å². The number of rotatable bonds is 4. The number of carbonyl (C=O) groups is 1. The van der Waals surface area contributed by atoms with Crippen molar-refractivity contribution in [2.45, 2.75) is 20.8 Å². The minimum atomic E-state index is -0.195. The quantitative estimate of drug-likeness (QED) is 0.896. The highest BCUT2D eigenvalue weighted by atomic mass is 16.1. The molecule has 0 bridgehead atoms. The Bertz CT molecular complexity index is 608. The second-order valence-corrected chi connectivity index (χ2v) is 4.54. The molecule has 0 aliphatic rings. The Morgan fingerprint density at radius 1 is 1.15 bits per heavy atom. The number of hydrogen-bond acceptors (Lipinski definition) is 4. The normalized spacial score (nSPS) is 10.2. The molecular weight excluding hydrogens is 252 g/mol. The molecule has 5 heteroatoms. The monoisotopic (exact) mass is 270 g/mol. The highest BCUT2D eigenvalue weighted by molar-refractivity contribution is 6.07. The highest BCUT2D eigenvalue weighted by Gasteiger charge is 2.12. The molecule has 0 spiro atoms. The third kappa shape index (κ3) is 3.32. The van der Waals surface area contributed by atoms with E-state index in [1.54, 1.807) is 12.4 Å². The van der Waals surface area contributed by atoms with E-state index in [2.05, 4.69) is 20.6 Å². The molecule has 2 N–H and O–H groups in total. The van der Waals surface area contributed by atoms with Gasteiger partial charge in [0.25, 0.3) is 5.91 Å². The van der Waals surface area contributed by atoms with Crippen LogP contribution >= 0.6 is 0 Å². The van der Waals surface area contributed by atoms with Gasteiger partial charge in [-0.1, -0.05) is 0 Å². The van der Waals surface area contributed by atoms with Gasteiger partial charge < -0.3 is 10.6 Å². The van der Waals surface area contributed by atoms with E-state index in [0.29, 0.717) is 11.3 Å². The summed E-state index contributed by atoms with van der Waals surface area (Å²) in [5.74, 6) is -0.195. The van der Waals surface area contributed by atoms with E-state index < -0.39 is 0 Å². The number of nitrogens with zero attached hydrogens (tertiary/aromatic N) is 2. The number of amides is 1. The number of nitrogens with one attached hydrogen (secondary N) is 2. The lowest BCUT2D eigenvalue weighted by Crippen LogP contribution is -2.15. The average molecular weight is 270 g/mol. The fraction of sp³-hybridized carbons (Fsp3) is 0.267. The van der Waals surface area contributed by atoms with Crippen molar-refractivity contribution in [2.75, 3.05) is 17.2 Å². The molecule has 2 rings (SSSR count). The molecule has 2 aromatic rings. The van der Waals surface area contributed by atoms with Gasteiger partial charge >= 0.3 is 0 Å². The van der Waals surface area contributed by atoms with Crippen molar-refractivity contribution in [1.29, 1.82) is 0 Å². The standard InChI is InChI=1S/C15H18N4O/c1-4-16-14-7-11(3)18-9-13(14)15(20)19-12-6-5-10(2)17-8-12/h5-9H,4H2,1-3H3,(H,16,18)(H,19,20). The predicted molar refractivity (Wildman–Crippen MR) is 80.1 cm³/mol. The number of carbonyl (C=O) groups excluding carboxylic acids is 1. The summed E-state index contributed by atoms with van der Waals surface area (Å²) in [4.78, 5) is 20.6. The Morgan fingerprint density at radius 2 is 1.90 bits per heavy atom. The molecule has 0 aliphatic heterocycles. The second kappa shape index (κ2) is 6.14. The zero-order valence-electron chi connectivity index (χ0n) is 11.9. The molecule has 5 nitrogen and oxygen atoms in total. The van der Waals surface area contributed by atoms with Crippen LogP contribution < -0.4 is 10.6 Å². The summed E-state index contributed by atoms with van der Waals surface area (Å²) in [6, 6.07) is 5.55. The number of pyridine rings is 2. The summed E-state index contributed by atoms with van der Waals surface area (Å²) in [7, 11) is 0. The fourth-order valence-corrected chi connectivity index (χ4v) is 1.82. The van der Waals surface area contributed by atoms with Gasteiger partial charge in [0.15, 0.2) is 0 Å². The molecule has 2 aromatic heterocycles. The SMILES string of the molecule is CCNc1cc(C)ncc1C(=O)Nc1ccc(C)nc1. The zero-order chi connectivity index (χ0) is 14.5. The predicted octanol–water partition coefficient (Wildman–Crippen LogP) is 2.78. The molecule has 104 valence electrons. The van der Waals surface area contributed by atoms with Crippen LogP contribution in [0.5, 0.6) is 0 Å². The van der Waals surface area contributed by atoms with Gasteiger partial charge in [-0.05, 0) is 39.0 Å². The first kappa shape index (κ1) is 14.0. The Hall–Kier alpha value is -2.43. The molecule has 0 saturated carbocycles. The van der Waals surface area contributed by atoms with Crippen molar-refractivity contribution in [2.24, 2.45) is 0 Å². The van der Waals surface area contributed by atoms with Crippen molar-refractivity contribution in [1.82, 2.24) is 9.97 Å². The number of hydrogen-bond donors (Lipinski definition) is 2. The zero-order valence-corrected chi connectivity index (χ0v) is 11.9. The Kier molecular flexibility index (Phi) is 4.30. The lowest BCUT2D eigenvalue weighted by molar-refractivity contribution is 0.102. The van der Waals surface area contributed by atoms with E-state index in [1.807, 2.05) is 39.0 Å². The Balaban J connectivity index is 2.22. The van der Waals surface area contributed by atoms with Crippen molar-refractivity contribution in [3.8, 4) is 0 Å². The molecule has 1 amide bonds. The molecule has 0 fully saturated rings. The van der Waals surface area contributed by atoms with Gasteiger partial charge in [-0.2, -0.15) is 0 Å². The van der Waals surface area contributed by atoms with Crippen LogP contribution in [0.1, 0.15) is 28.7 Å². The summed E-state index contributed by atoms with van der Waals surface area (Å²) in [5.41, 5.74) is 3.77. The maximum atomic E-state index is 12.3. The molecule has 2 heterocycles. The van der Waals surface area contributed by atoms with Crippen LogP contribution in [0.2, 0.25) is 0 Å². The largest absolute Gasteiger partial charge is 0.385 e. The van der Waals surface area contributed by atoms with Crippen LogP contribution in [0.4, 0.5) is 11.4 Å². The first-order valence-electron chi connectivity index (χ1n) is 6.54. The van der Waals surface area contributed by atoms with Crippen LogP contribution in [-0.2, 0) is 0 Å². The van der Waals surface area contributed by atoms with Gasteiger partial charge in [0, 0.05) is 24.1 Å². The molecule has 0 aromatic carbocycles. The smallest absolute Gasteiger partial charge is 0.259 e. The minimum Gasteiger partial charge on any atom is -0.385 e. The summed E-state index contributed by atoms with van der Waals surface area (Å²) in [6.45, 7) is 6.53. The molecule has 0 radical (unpaired) electrons. The number of anilines is 2. The van der Waals surface area contributed by atoms with Gasteiger partial charge in [-0.25, -0.2) is 0 Å². The maximum Gasteiger partial charge on any atom is 0.259 e. The van der Waals surface area contributed by atoms with E-state index in [1.165, 1.54) is 0 Å². The van der Waals surface area contributed by atoms with E-state index in [-0.39, 0.29) is 5.91 Å². The summed E-state index contributed by atoms with van der Waals surface area (Å²) >= 11 is 0. The molecule has 20 heavy (non-hydrogen) atoms. The minimum absolute atomic E-state index is 0.195. The van der Waals surface area contributed by atoms with Crippen molar-refractivity contribution in [3.05, 3.63) is 47.5 Å². The first-order chi connectivity index (χ1) is 9.60. The molecule has 0 aliphatic carbocycles. The van der Waals surface area contributed by atoms with Gasteiger partial charge in [0.2, 0.25) is 0 Å². The third-order valence-electron chi connectivity index (χ3n) is 2.82. The first-order valence-corrected chi connectivity index (χ1v) is 6.54. The van der Waals surface area contributed by atoms with Crippen molar-refractivity contribution in [3.63, 3.8) is 0 Å². The lowest BCUT2D eigenvalue weighted by Gasteiger charge is -2.11. The van der Waals surface area contributed by atoms with E-state index in [4.69, 9.17) is 0 Å². The van der Waals surface area contributed by atoms with Crippen molar-refractivity contribution >= 4 is 17.3 Å².